The van der Waals surface area contributed by atoms with Crippen molar-refractivity contribution in [2.45, 2.75) is 27.0 Å². The molecule has 6 nitrogen and oxygen atoms in total. The summed E-state index contributed by atoms with van der Waals surface area (Å²) < 4.78 is 33.4. The van der Waals surface area contributed by atoms with Crippen molar-refractivity contribution in [1.29, 1.82) is 0 Å². The SMILES string of the molecule is CC(=NOCc1csc(-c2ccc(C)o2)n1)c1nc2ccccc2n1C(F)F. The van der Waals surface area contributed by atoms with Crippen LogP contribution in [0.1, 0.15) is 30.8 Å². The number of nitrogens with zero attached hydrogens (tertiary/aromatic N) is 4. The van der Waals surface area contributed by atoms with E-state index in [4.69, 9.17) is 9.25 Å². The number of halogens is 2. The van der Waals surface area contributed by atoms with E-state index in [0.717, 1.165) is 15.3 Å². The molecule has 4 rings (SSSR count). The first-order valence-electron chi connectivity index (χ1n) is 8.46. The minimum atomic E-state index is -2.73. The average Bonchev–Trinajstić information content (AvgIpc) is 3.38. The van der Waals surface area contributed by atoms with Crippen molar-refractivity contribution >= 4 is 28.1 Å². The van der Waals surface area contributed by atoms with Gasteiger partial charge in [0, 0.05) is 5.38 Å². The van der Waals surface area contributed by atoms with Crippen LogP contribution in [-0.2, 0) is 11.4 Å². The molecule has 4 aromatic rings. The molecule has 144 valence electrons. The molecule has 0 amide bonds. The zero-order valence-electron chi connectivity index (χ0n) is 15.1. The van der Waals surface area contributed by atoms with E-state index in [9.17, 15) is 8.78 Å². The van der Waals surface area contributed by atoms with Crippen LogP contribution in [0.25, 0.3) is 21.8 Å². The first kappa shape index (κ1) is 18.3. The highest BCUT2D eigenvalue weighted by Gasteiger charge is 2.19. The van der Waals surface area contributed by atoms with Gasteiger partial charge in [0.25, 0.3) is 0 Å². The summed E-state index contributed by atoms with van der Waals surface area (Å²) in [5.41, 5.74) is 1.76. The van der Waals surface area contributed by atoms with Gasteiger partial charge in [-0.15, -0.1) is 11.3 Å². The molecule has 0 aliphatic heterocycles. The molecule has 0 radical (unpaired) electrons. The number of hydrogen-bond acceptors (Lipinski definition) is 6. The van der Waals surface area contributed by atoms with E-state index >= 15 is 0 Å². The molecule has 0 N–H and O–H groups in total. The minimum Gasteiger partial charge on any atom is -0.459 e. The number of thiazole rings is 1. The fraction of sp³-hybridized carbons (Fsp3) is 0.211. The number of furan rings is 1. The second kappa shape index (κ2) is 7.51. The number of alkyl halides is 2. The molecular weight excluding hydrogens is 386 g/mol. The van der Waals surface area contributed by atoms with Crippen LogP contribution in [0.4, 0.5) is 8.78 Å². The van der Waals surface area contributed by atoms with Crippen molar-refractivity contribution in [3.05, 3.63) is 59.1 Å². The third-order valence-corrected chi connectivity index (χ3v) is 4.94. The molecule has 0 fully saturated rings. The quantitative estimate of drug-likeness (QED) is 0.320. The molecule has 0 atom stereocenters. The van der Waals surface area contributed by atoms with Gasteiger partial charge in [0.1, 0.15) is 11.5 Å². The monoisotopic (exact) mass is 402 g/mol. The number of fused-ring (bicyclic) bond motifs is 1. The Labute approximate surface area is 163 Å². The van der Waals surface area contributed by atoms with Gasteiger partial charge >= 0.3 is 6.55 Å². The van der Waals surface area contributed by atoms with Crippen LogP contribution in [0.15, 0.2) is 51.4 Å². The van der Waals surface area contributed by atoms with Crippen LogP contribution in [0, 0.1) is 6.92 Å². The second-order valence-electron chi connectivity index (χ2n) is 6.08. The molecule has 0 saturated heterocycles. The smallest absolute Gasteiger partial charge is 0.320 e. The highest BCUT2D eigenvalue weighted by Crippen LogP contribution is 2.26. The highest BCUT2D eigenvalue weighted by atomic mass is 32.1. The standard InChI is InChI=1S/C19H16F2N4O2S/c1-11-7-8-16(27-11)18-22-13(10-28-18)9-26-24-12(2)17-23-14-5-3-4-6-15(14)25(17)19(20)21/h3-8,10,19H,9H2,1-2H3. The normalized spacial score (nSPS) is 12.2. The lowest BCUT2D eigenvalue weighted by atomic mass is 10.3. The van der Waals surface area contributed by atoms with Gasteiger partial charge in [-0.2, -0.15) is 8.78 Å². The lowest BCUT2D eigenvalue weighted by Crippen LogP contribution is -2.10. The summed E-state index contributed by atoms with van der Waals surface area (Å²) in [6.45, 7) is 0.830. The maximum atomic E-state index is 13.5. The number of aromatic nitrogens is 3. The summed E-state index contributed by atoms with van der Waals surface area (Å²) in [6.07, 6.45) is 0. The van der Waals surface area contributed by atoms with E-state index in [1.165, 1.54) is 11.3 Å². The Bertz CT molecular complexity index is 1150. The van der Waals surface area contributed by atoms with Crippen LogP contribution >= 0.6 is 11.3 Å². The second-order valence-corrected chi connectivity index (χ2v) is 6.93. The first-order valence-corrected chi connectivity index (χ1v) is 9.34. The summed E-state index contributed by atoms with van der Waals surface area (Å²) in [7, 11) is 0. The molecule has 1 aromatic carbocycles. The molecule has 3 heterocycles. The maximum Gasteiger partial charge on any atom is 0.320 e. The van der Waals surface area contributed by atoms with E-state index in [0.29, 0.717) is 22.5 Å². The zero-order chi connectivity index (χ0) is 19.7. The van der Waals surface area contributed by atoms with Gasteiger partial charge in [-0.3, -0.25) is 4.57 Å². The van der Waals surface area contributed by atoms with E-state index in [2.05, 4.69) is 15.1 Å². The average molecular weight is 402 g/mol. The van der Waals surface area contributed by atoms with Gasteiger partial charge < -0.3 is 9.25 Å². The Morgan fingerprint density at radius 2 is 2.07 bits per heavy atom. The lowest BCUT2D eigenvalue weighted by molar-refractivity contribution is 0.0735. The number of benzene rings is 1. The summed E-state index contributed by atoms with van der Waals surface area (Å²) in [5.74, 6) is 1.57. The van der Waals surface area contributed by atoms with Crippen molar-refractivity contribution in [3.8, 4) is 10.8 Å². The molecular formula is C19H16F2N4O2S. The molecule has 0 aliphatic carbocycles. The summed E-state index contributed by atoms with van der Waals surface area (Å²) in [6, 6.07) is 10.4. The molecule has 0 aliphatic rings. The Morgan fingerprint density at radius 3 is 2.82 bits per heavy atom. The number of rotatable bonds is 6. The van der Waals surface area contributed by atoms with Gasteiger partial charge in [0.15, 0.2) is 23.2 Å². The summed E-state index contributed by atoms with van der Waals surface area (Å²) >= 11 is 1.43. The van der Waals surface area contributed by atoms with Crippen molar-refractivity contribution in [2.24, 2.45) is 5.16 Å². The van der Waals surface area contributed by atoms with E-state index in [1.807, 2.05) is 24.4 Å². The Balaban J connectivity index is 1.51. The number of para-hydroxylation sites is 2. The van der Waals surface area contributed by atoms with Gasteiger partial charge in [-0.25, -0.2) is 9.97 Å². The molecule has 9 heteroatoms. The van der Waals surface area contributed by atoms with E-state index in [1.54, 1.807) is 31.2 Å². The molecule has 0 bridgehead atoms. The third-order valence-electron chi connectivity index (χ3n) is 4.03. The van der Waals surface area contributed by atoms with Crippen LogP contribution in [0.3, 0.4) is 0 Å². The number of imidazole rings is 1. The predicted octanol–water partition coefficient (Wildman–Crippen LogP) is 5.40. The van der Waals surface area contributed by atoms with Crippen LogP contribution < -0.4 is 0 Å². The Kier molecular flexibility index (Phi) is 4.91. The Morgan fingerprint density at radius 1 is 1.25 bits per heavy atom. The number of aryl methyl sites for hydroxylation is 1. The van der Waals surface area contributed by atoms with Crippen molar-refractivity contribution < 1.29 is 18.0 Å². The molecule has 3 aromatic heterocycles. The van der Waals surface area contributed by atoms with E-state index in [-0.39, 0.29) is 18.1 Å². The van der Waals surface area contributed by atoms with Gasteiger partial charge in [-0.05, 0) is 38.1 Å². The number of hydrogen-bond donors (Lipinski definition) is 0. The van der Waals surface area contributed by atoms with Crippen molar-refractivity contribution in [3.63, 3.8) is 0 Å². The van der Waals surface area contributed by atoms with Gasteiger partial charge in [-0.1, -0.05) is 17.3 Å². The Hall–Kier alpha value is -3.07. The van der Waals surface area contributed by atoms with Gasteiger partial charge in [0.2, 0.25) is 0 Å². The first-order chi connectivity index (χ1) is 13.5. The third kappa shape index (κ3) is 3.53. The number of oxime groups is 1. The zero-order valence-corrected chi connectivity index (χ0v) is 15.9. The minimum absolute atomic E-state index is 0.0706. The fourth-order valence-electron chi connectivity index (χ4n) is 2.77. The molecule has 0 spiro atoms. The largest absolute Gasteiger partial charge is 0.459 e. The summed E-state index contributed by atoms with van der Waals surface area (Å²) in [5, 5.41) is 6.54. The fourth-order valence-corrected chi connectivity index (χ4v) is 3.53. The molecule has 0 saturated carbocycles. The van der Waals surface area contributed by atoms with Crippen LogP contribution in [0.5, 0.6) is 0 Å². The van der Waals surface area contributed by atoms with Crippen LogP contribution in [0.2, 0.25) is 0 Å². The molecule has 28 heavy (non-hydrogen) atoms. The van der Waals surface area contributed by atoms with E-state index < -0.39 is 6.55 Å². The molecule has 0 unspecified atom stereocenters. The van der Waals surface area contributed by atoms with Crippen LogP contribution in [-0.4, -0.2) is 20.2 Å². The lowest BCUT2D eigenvalue weighted by Gasteiger charge is -2.07. The summed E-state index contributed by atoms with van der Waals surface area (Å²) in [4.78, 5) is 14.0. The van der Waals surface area contributed by atoms with Gasteiger partial charge in [0.05, 0.1) is 16.7 Å². The van der Waals surface area contributed by atoms with Crippen molar-refractivity contribution in [2.75, 3.05) is 0 Å². The predicted molar refractivity (Wildman–Crippen MR) is 103 cm³/mol. The topological polar surface area (TPSA) is 65.4 Å². The maximum absolute atomic E-state index is 13.5. The van der Waals surface area contributed by atoms with Crippen molar-refractivity contribution in [1.82, 2.24) is 14.5 Å². The highest BCUT2D eigenvalue weighted by molar-refractivity contribution is 7.13.